The molecule has 1 aromatic carbocycles. The molecule has 0 saturated heterocycles. The fraction of sp³-hybridized carbons (Fsp3) is 0.333. The Bertz CT molecular complexity index is 780. The Morgan fingerprint density at radius 2 is 2.22 bits per heavy atom. The average Bonchev–Trinajstić information content (AvgIpc) is 3.16. The molecule has 23 heavy (non-hydrogen) atoms. The predicted molar refractivity (Wildman–Crippen MR) is 87.0 cm³/mol. The molecule has 0 saturated carbocycles. The van der Waals surface area contributed by atoms with Gasteiger partial charge in [-0.1, -0.05) is 36.0 Å². The van der Waals surface area contributed by atoms with Crippen LogP contribution < -0.4 is 5.32 Å². The molecule has 1 atom stereocenters. The lowest BCUT2D eigenvalue weighted by molar-refractivity contribution is -0.119. The third-order valence-electron chi connectivity index (χ3n) is 3.31. The van der Waals surface area contributed by atoms with Crippen LogP contribution in [0.25, 0.3) is 11.0 Å². The van der Waals surface area contributed by atoms with Gasteiger partial charge in [-0.05, 0) is 18.6 Å². The topological polar surface area (TPSA) is 96.7 Å². The van der Waals surface area contributed by atoms with Gasteiger partial charge >= 0.3 is 0 Å². The number of nitrogens with zero attached hydrogens (tertiary/aromatic N) is 3. The summed E-state index contributed by atoms with van der Waals surface area (Å²) in [6, 6.07) is 7.53. The normalized spacial score (nSPS) is 12.4. The molecule has 2 heterocycles. The van der Waals surface area contributed by atoms with Crippen molar-refractivity contribution in [3.63, 3.8) is 0 Å². The summed E-state index contributed by atoms with van der Waals surface area (Å²) in [5.74, 6) is 1.17. The second-order valence-electron chi connectivity index (χ2n) is 5.05. The van der Waals surface area contributed by atoms with Crippen molar-refractivity contribution in [3.05, 3.63) is 36.0 Å². The van der Waals surface area contributed by atoms with Crippen molar-refractivity contribution < 1.29 is 9.32 Å². The van der Waals surface area contributed by atoms with Crippen molar-refractivity contribution >= 4 is 28.7 Å². The maximum atomic E-state index is 12.1. The summed E-state index contributed by atoms with van der Waals surface area (Å²) in [6.45, 7) is 3.69. The van der Waals surface area contributed by atoms with Crippen molar-refractivity contribution in [2.45, 2.75) is 31.5 Å². The quantitative estimate of drug-likeness (QED) is 0.674. The maximum Gasteiger partial charge on any atom is 0.231 e. The number of amides is 1. The van der Waals surface area contributed by atoms with E-state index < -0.39 is 0 Å². The van der Waals surface area contributed by atoms with Crippen LogP contribution in [-0.2, 0) is 4.79 Å². The number of aromatic nitrogens is 4. The first kappa shape index (κ1) is 15.5. The van der Waals surface area contributed by atoms with Crippen LogP contribution >= 0.6 is 11.8 Å². The Morgan fingerprint density at radius 3 is 2.91 bits per heavy atom. The molecule has 2 aromatic heterocycles. The Balaban J connectivity index is 1.58. The van der Waals surface area contributed by atoms with E-state index in [0.717, 1.165) is 16.2 Å². The molecular weight excluding hydrogens is 314 g/mol. The lowest BCUT2D eigenvalue weighted by Crippen LogP contribution is -2.30. The third kappa shape index (κ3) is 3.70. The first-order valence-corrected chi connectivity index (χ1v) is 8.31. The van der Waals surface area contributed by atoms with Crippen molar-refractivity contribution in [3.8, 4) is 0 Å². The summed E-state index contributed by atoms with van der Waals surface area (Å²) < 4.78 is 4.96. The molecule has 8 heteroatoms. The van der Waals surface area contributed by atoms with Crippen LogP contribution in [0.3, 0.4) is 0 Å². The summed E-state index contributed by atoms with van der Waals surface area (Å²) in [5.41, 5.74) is 1.85. The number of benzene rings is 1. The molecular formula is C15H17N5O2S. The number of nitrogens with one attached hydrogen (secondary N) is 2. The van der Waals surface area contributed by atoms with Gasteiger partial charge in [-0.3, -0.25) is 4.79 Å². The van der Waals surface area contributed by atoms with E-state index in [-0.39, 0.29) is 17.7 Å². The number of fused-ring (bicyclic) bond motifs is 1. The smallest absolute Gasteiger partial charge is 0.231 e. The van der Waals surface area contributed by atoms with E-state index in [2.05, 4.69) is 25.4 Å². The minimum atomic E-state index is -0.240. The fourth-order valence-corrected chi connectivity index (χ4v) is 2.87. The van der Waals surface area contributed by atoms with Gasteiger partial charge in [-0.25, -0.2) is 4.98 Å². The second-order valence-corrected chi connectivity index (χ2v) is 6.01. The van der Waals surface area contributed by atoms with Gasteiger partial charge in [-0.15, -0.1) is 0 Å². The third-order valence-corrected chi connectivity index (χ3v) is 4.18. The number of thioether (sulfide) groups is 1. The Hall–Kier alpha value is -2.35. The lowest BCUT2D eigenvalue weighted by atomic mass is 10.2. The number of aromatic amines is 1. The van der Waals surface area contributed by atoms with Gasteiger partial charge < -0.3 is 14.8 Å². The molecule has 120 valence electrons. The van der Waals surface area contributed by atoms with Crippen LogP contribution in [0.4, 0.5) is 0 Å². The highest BCUT2D eigenvalue weighted by Gasteiger charge is 2.18. The largest absolute Gasteiger partial charge is 0.345 e. The van der Waals surface area contributed by atoms with Crippen LogP contribution in [0, 0.1) is 6.92 Å². The Kier molecular flexibility index (Phi) is 4.61. The molecule has 0 spiro atoms. The van der Waals surface area contributed by atoms with Gasteiger partial charge in [-0.2, -0.15) is 4.98 Å². The van der Waals surface area contributed by atoms with E-state index in [0.29, 0.717) is 18.1 Å². The standard InChI is InChI=1S/C15H17N5O2S/c1-3-10(14-16-9(2)22-20-14)17-13(21)8-23-15-18-11-6-4-5-7-12(11)19-15/h4-7,10H,3,8H2,1-2H3,(H,17,21)(H,18,19)/t10-/m1/s1. The number of hydrogen-bond acceptors (Lipinski definition) is 6. The van der Waals surface area contributed by atoms with Gasteiger partial charge in [0.2, 0.25) is 11.8 Å². The zero-order chi connectivity index (χ0) is 16.2. The Labute approximate surface area is 137 Å². The summed E-state index contributed by atoms with van der Waals surface area (Å²) in [5, 5.41) is 7.50. The molecule has 2 N–H and O–H groups in total. The highest BCUT2D eigenvalue weighted by Crippen LogP contribution is 2.19. The molecule has 3 aromatic rings. The number of aryl methyl sites for hydroxylation is 1. The second kappa shape index (κ2) is 6.82. The van der Waals surface area contributed by atoms with E-state index in [4.69, 9.17) is 4.52 Å². The van der Waals surface area contributed by atoms with E-state index in [1.165, 1.54) is 11.8 Å². The van der Waals surface area contributed by atoms with Gasteiger partial charge in [0.25, 0.3) is 0 Å². The fourth-order valence-electron chi connectivity index (χ4n) is 2.17. The molecule has 1 amide bonds. The molecule has 0 radical (unpaired) electrons. The van der Waals surface area contributed by atoms with Crippen LogP contribution in [0.15, 0.2) is 33.9 Å². The van der Waals surface area contributed by atoms with E-state index in [1.54, 1.807) is 6.92 Å². The van der Waals surface area contributed by atoms with E-state index in [1.807, 2.05) is 31.2 Å². The highest BCUT2D eigenvalue weighted by atomic mass is 32.2. The molecule has 0 aliphatic carbocycles. The zero-order valence-electron chi connectivity index (χ0n) is 12.9. The number of carbonyl (C=O) groups excluding carboxylic acids is 1. The summed E-state index contributed by atoms with van der Waals surface area (Å²) >= 11 is 1.36. The van der Waals surface area contributed by atoms with Crippen molar-refractivity contribution in [2.24, 2.45) is 0 Å². The zero-order valence-corrected chi connectivity index (χ0v) is 13.7. The lowest BCUT2D eigenvalue weighted by Gasteiger charge is -2.12. The highest BCUT2D eigenvalue weighted by molar-refractivity contribution is 7.99. The van der Waals surface area contributed by atoms with Gasteiger partial charge in [0, 0.05) is 6.92 Å². The Morgan fingerprint density at radius 1 is 1.39 bits per heavy atom. The van der Waals surface area contributed by atoms with E-state index in [9.17, 15) is 4.79 Å². The monoisotopic (exact) mass is 331 g/mol. The van der Waals surface area contributed by atoms with E-state index >= 15 is 0 Å². The minimum Gasteiger partial charge on any atom is -0.345 e. The van der Waals surface area contributed by atoms with Crippen molar-refractivity contribution in [1.82, 2.24) is 25.4 Å². The summed E-state index contributed by atoms with van der Waals surface area (Å²) in [6.07, 6.45) is 0.694. The molecule has 3 rings (SSSR count). The summed E-state index contributed by atoms with van der Waals surface area (Å²) in [7, 11) is 0. The number of rotatable bonds is 6. The van der Waals surface area contributed by atoms with Gasteiger partial charge in [0.1, 0.15) is 0 Å². The predicted octanol–water partition coefficient (Wildman–Crippen LogP) is 2.61. The molecule has 0 bridgehead atoms. The minimum absolute atomic E-state index is 0.0928. The van der Waals surface area contributed by atoms with Crippen molar-refractivity contribution in [2.75, 3.05) is 5.75 Å². The number of carbonyl (C=O) groups is 1. The average molecular weight is 331 g/mol. The molecule has 0 unspecified atom stereocenters. The molecule has 0 aliphatic rings. The van der Waals surface area contributed by atoms with Gasteiger partial charge in [0.15, 0.2) is 11.0 Å². The molecule has 7 nitrogen and oxygen atoms in total. The number of hydrogen-bond donors (Lipinski definition) is 2. The van der Waals surface area contributed by atoms with Crippen LogP contribution in [-0.4, -0.2) is 31.8 Å². The van der Waals surface area contributed by atoms with Crippen LogP contribution in [0.1, 0.15) is 31.1 Å². The number of para-hydroxylation sites is 2. The molecule has 0 aliphatic heterocycles. The first-order chi connectivity index (χ1) is 11.2. The molecule has 0 fully saturated rings. The first-order valence-electron chi connectivity index (χ1n) is 7.33. The SMILES string of the molecule is CC[C@@H](NC(=O)CSc1nc2ccccc2[nH]1)c1noc(C)n1. The van der Waals surface area contributed by atoms with Crippen LogP contribution in [0.2, 0.25) is 0 Å². The van der Waals surface area contributed by atoms with Crippen molar-refractivity contribution in [1.29, 1.82) is 0 Å². The maximum absolute atomic E-state index is 12.1. The van der Waals surface area contributed by atoms with Crippen LogP contribution in [0.5, 0.6) is 0 Å². The number of H-pyrrole nitrogens is 1. The summed E-state index contributed by atoms with van der Waals surface area (Å²) in [4.78, 5) is 23.9. The van der Waals surface area contributed by atoms with Gasteiger partial charge in [0.05, 0.1) is 22.8 Å². The number of imidazole rings is 1.